The van der Waals surface area contributed by atoms with Crippen molar-refractivity contribution in [2.75, 3.05) is 11.9 Å². The molecule has 142 valence electrons. The molecular weight excluding hydrogens is 363 g/mol. The third-order valence-corrected chi connectivity index (χ3v) is 4.23. The molecule has 2 N–H and O–H groups in total. The van der Waals surface area contributed by atoms with Crippen LogP contribution < -0.4 is 10.1 Å². The van der Waals surface area contributed by atoms with Crippen LogP contribution in [0.1, 0.15) is 23.5 Å². The molecule has 1 fully saturated rings. The van der Waals surface area contributed by atoms with E-state index in [-0.39, 0.29) is 11.8 Å². The molecule has 1 aliphatic rings. The molecule has 0 aliphatic heterocycles. The Balaban J connectivity index is 1.62. The zero-order chi connectivity index (χ0) is 19.6. The van der Waals surface area contributed by atoms with Gasteiger partial charge in [0.2, 0.25) is 5.91 Å². The Morgan fingerprint density at radius 1 is 1.15 bits per heavy atom. The molecule has 0 radical (unpaired) electrons. The van der Waals surface area contributed by atoms with Gasteiger partial charge in [-0.05, 0) is 36.1 Å². The van der Waals surface area contributed by atoms with Crippen molar-refractivity contribution in [2.24, 2.45) is 5.92 Å². The highest BCUT2D eigenvalue weighted by Gasteiger charge is 2.44. The minimum atomic E-state index is -4.42. The maximum absolute atomic E-state index is 12.8. The molecule has 2 unspecified atom stereocenters. The number of carboxylic acid groups (broad SMARTS) is 1. The van der Waals surface area contributed by atoms with Crippen molar-refractivity contribution in [1.29, 1.82) is 0 Å². The number of alkyl halides is 3. The maximum Gasteiger partial charge on any atom is 0.416 e. The second kappa shape index (κ2) is 7.30. The van der Waals surface area contributed by atoms with E-state index in [1.165, 1.54) is 12.1 Å². The second-order valence-corrected chi connectivity index (χ2v) is 6.27. The van der Waals surface area contributed by atoms with Gasteiger partial charge in [-0.3, -0.25) is 4.79 Å². The average molecular weight is 379 g/mol. The van der Waals surface area contributed by atoms with Gasteiger partial charge < -0.3 is 15.2 Å². The monoisotopic (exact) mass is 379 g/mol. The molecule has 8 heteroatoms. The molecule has 0 bridgehead atoms. The van der Waals surface area contributed by atoms with Crippen LogP contribution >= 0.6 is 0 Å². The molecular formula is C19H16F3NO4. The summed E-state index contributed by atoms with van der Waals surface area (Å²) >= 11 is 0. The third-order valence-electron chi connectivity index (χ3n) is 4.23. The fourth-order valence-electron chi connectivity index (χ4n) is 2.84. The Bertz CT molecular complexity index is 866. The molecule has 1 aliphatic carbocycles. The number of hydrogen-bond acceptors (Lipinski definition) is 3. The normalized spacial score (nSPS) is 18.6. The number of aliphatic carboxylic acids is 1. The largest absolute Gasteiger partial charge is 0.482 e. The van der Waals surface area contributed by atoms with Crippen LogP contribution in [0.5, 0.6) is 5.75 Å². The first-order valence-electron chi connectivity index (χ1n) is 8.17. The quantitative estimate of drug-likeness (QED) is 0.798. The Morgan fingerprint density at radius 3 is 2.59 bits per heavy atom. The predicted molar refractivity (Wildman–Crippen MR) is 90.5 cm³/mol. The number of carboxylic acids is 1. The Labute approximate surface area is 152 Å². The maximum atomic E-state index is 12.8. The summed E-state index contributed by atoms with van der Waals surface area (Å²) in [6, 6.07) is 11.3. The number of carbonyl (C=O) groups is 2. The average Bonchev–Trinajstić information content (AvgIpc) is 3.41. The SMILES string of the molecule is O=C(O)COc1cccc(NC(=O)C2CC2c2cccc(C(F)(F)F)c2)c1. The minimum absolute atomic E-state index is 0.251. The Morgan fingerprint density at radius 2 is 1.89 bits per heavy atom. The molecule has 0 spiro atoms. The Hall–Kier alpha value is -3.03. The summed E-state index contributed by atoms with van der Waals surface area (Å²) < 4.78 is 43.5. The minimum Gasteiger partial charge on any atom is -0.482 e. The van der Waals surface area contributed by atoms with Gasteiger partial charge in [-0.15, -0.1) is 0 Å². The first-order chi connectivity index (χ1) is 12.7. The lowest BCUT2D eigenvalue weighted by molar-refractivity contribution is -0.139. The van der Waals surface area contributed by atoms with Crippen molar-refractivity contribution < 1.29 is 32.6 Å². The first-order valence-corrected chi connectivity index (χ1v) is 8.17. The fraction of sp³-hybridized carbons (Fsp3) is 0.263. The van der Waals surface area contributed by atoms with Crippen molar-refractivity contribution in [3.05, 3.63) is 59.7 Å². The molecule has 3 rings (SSSR count). The van der Waals surface area contributed by atoms with Gasteiger partial charge in [0.25, 0.3) is 0 Å². The van der Waals surface area contributed by atoms with Gasteiger partial charge in [0.05, 0.1) is 5.56 Å². The summed E-state index contributed by atoms with van der Waals surface area (Å²) in [4.78, 5) is 22.9. The molecule has 1 saturated carbocycles. The van der Waals surface area contributed by atoms with E-state index in [0.717, 1.165) is 12.1 Å². The van der Waals surface area contributed by atoms with E-state index in [1.807, 2.05) is 0 Å². The standard InChI is InChI=1S/C19H16F3NO4/c20-19(21,22)12-4-1-3-11(7-12)15-9-16(15)18(26)23-13-5-2-6-14(8-13)27-10-17(24)25/h1-8,15-16H,9-10H2,(H,23,26)(H,24,25). The van der Waals surface area contributed by atoms with Gasteiger partial charge in [0, 0.05) is 17.7 Å². The highest BCUT2D eigenvalue weighted by molar-refractivity contribution is 5.95. The van der Waals surface area contributed by atoms with Crippen LogP contribution in [-0.4, -0.2) is 23.6 Å². The lowest BCUT2D eigenvalue weighted by Crippen LogP contribution is -2.15. The lowest BCUT2D eigenvalue weighted by Gasteiger charge is -2.09. The van der Waals surface area contributed by atoms with E-state index >= 15 is 0 Å². The number of hydrogen-bond donors (Lipinski definition) is 2. The van der Waals surface area contributed by atoms with E-state index in [0.29, 0.717) is 23.4 Å². The zero-order valence-corrected chi connectivity index (χ0v) is 14.0. The van der Waals surface area contributed by atoms with Crippen molar-refractivity contribution in [3.63, 3.8) is 0 Å². The van der Waals surface area contributed by atoms with Crippen molar-refractivity contribution in [3.8, 4) is 5.75 Å². The molecule has 0 heterocycles. The highest BCUT2D eigenvalue weighted by atomic mass is 19.4. The lowest BCUT2D eigenvalue weighted by atomic mass is 10.1. The van der Waals surface area contributed by atoms with Crippen molar-refractivity contribution >= 4 is 17.6 Å². The van der Waals surface area contributed by atoms with Crippen LogP contribution in [0.3, 0.4) is 0 Å². The number of amides is 1. The predicted octanol–water partition coefficient (Wildman–Crippen LogP) is 3.91. The smallest absolute Gasteiger partial charge is 0.416 e. The molecule has 2 aromatic carbocycles. The number of ether oxygens (including phenoxy) is 1. The van der Waals surface area contributed by atoms with E-state index in [4.69, 9.17) is 9.84 Å². The number of nitrogens with one attached hydrogen (secondary N) is 1. The fourth-order valence-corrected chi connectivity index (χ4v) is 2.84. The number of carbonyl (C=O) groups excluding carboxylic acids is 1. The topological polar surface area (TPSA) is 75.6 Å². The van der Waals surface area contributed by atoms with Gasteiger partial charge >= 0.3 is 12.1 Å². The summed E-state index contributed by atoms with van der Waals surface area (Å²) in [5.41, 5.74) is 0.190. The van der Waals surface area contributed by atoms with Crippen LogP contribution in [0.15, 0.2) is 48.5 Å². The molecule has 0 saturated heterocycles. The molecule has 0 aromatic heterocycles. The Kier molecular flexibility index (Phi) is 5.07. The van der Waals surface area contributed by atoms with Gasteiger partial charge in [-0.25, -0.2) is 4.79 Å². The van der Waals surface area contributed by atoms with Gasteiger partial charge in [-0.1, -0.05) is 24.3 Å². The van der Waals surface area contributed by atoms with E-state index < -0.39 is 30.2 Å². The van der Waals surface area contributed by atoms with Gasteiger partial charge in [-0.2, -0.15) is 13.2 Å². The molecule has 5 nitrogen and oxygen atoms in total. The molecule has 2 atom stereocenters. The van der Waals surface area contributed by atoms with Crippen LogP contribution in [0.4, 0.5) is 18.9 Å². The number of anilines is 1. The van der Waals surface area contributed by atoms with E-state index in [1.54, 1.807) is 24.3 Å². The summed E-state index contributed by atoms with van der Waals surface area (Å²) in [7, 11) is 0. The second-order valence-electron chi connectivity index (χ2n) is 6.27. The number of halogens is 3. The molecule has 27 heavy (non-hydrogen) atoms. The number of rotatable bonds is 6. The number of benzene rings is 2. The first kappa shape index (κ1) is 18.8. The van der Waals surface area contributed by atoms with Crippen LogP contribution in [0, 0.1) is 5.92 Å². The van der Waals surface area contributed by atoms with Gasteiger partial charge in [0.1, 0.15) is 5.75 Å². The van der Waals surface area contributed by atoms with Crippen LogP contribution in [-0.2, 0) is 15.8 Å². The third kappa shape index (κ3) is 4.78. The summed E-state index contributed by atoms with van der Waals surface area (Å²) in [5, 5.41) is 11.3. The zero-order valence-electron chi connectivity index (χ0n) is 14.0. The molecule has 1 amide bonds. The summed E-state index contributed by atoms with van der Waals surface area (Å²) in [6.07, 6.45) is -3.94. The summed E-state index contributed by atoms with van der Waals surface area (Å²) in [6.45, 7) is -0.502. The van der Waals surface area contributed by atoms with Crippen LogP contribution in [0.25, 0.3) is 0 Å². The summed E-state index contributed by atoms with van der Waals surface area (Å²) in [5.74, 6) is -1.78. The van der Waals surface area contributed by atoms with E-state index in [2.05, 4.69) is 5.32 Å². The molecule has 2 aromatic rings. The van der Waals surface area contributed by atoms with Crippen molar-refractivity contribution in [1.82, 2.24) is 0 Å². The van der Waals surface area contributed by atoms with Crippen LogP contribution in [0.2, 0.25) is 0 Å². The van der Waals surface area contributed by atoms with Crippen molar-refractivity contribution in [2.45, 2.75) is 18.5 Å². The van der Waals surface area contributed by atoms with Gasteiger partial charge in [0.15, 0.2) is 6.61 Å². The highest BCUT2D eigenvalue weighted by Crippen LogP contribution is 2.48. The van der Waals surface area contributed by atoms with E-state index in [9.17, 15) is 22.8 Å².